The van der Waals surface area contributed by atoms with Crippen LogP contribution in [-0.4, -0.2) is 9.97 Å². The molecule has 2 heterocycles. The van der Waals surface area contributed by atoms with Crippen LogP contribution in [0.2, 0.25) is 0 Å². The molecule has 2 aromatic rings. The van der Waals surface area contributed by atoms with E-state index in [1.807, 2.05) is 24.5 Å². The van der Waals surface area contributed by atoms with E-state index >= 15 is 0 Å². The van der Waals surface area contributed by atoms with Crippen molar-refractivity contribution in [3.63, 3.8) is 0 Å². The van der Waals surface area contributed by atoms with E-state index in [4.69, 9.17) is 0 Å². The van der Waals surface area contributed by atoms with Crippen molar-refractivity contribution in [1.82, 2.24) is 9.97 Å². The number of pyridine rings is 2. The summed E-state index contributed by atoms with van der Waals surface area (Å²) in [6, 6.07) is 8.03. The Morgan fingerprint density at radius 2 is 1.08 bits per heavy atom. The van der Waals surface area contributed by atoms with Gasteiger partial charge in [0.1, 0.15) is 0 Å². The maximum Gasteiger partial charge on any atom is 0.0545 e. The highest BCUT2D eigenvalue weighted by Gasteiger charge is 1.99. The fourth-order valence-corrected chi connectivity index (χ4v) is 3.55. The molecule has 0 atom stereocenters. The minimum Gasteiger partial charge on any atom is -0.260 e. The van der Waals surface area contributed by atoms with Gasteiger partial charge < -0.3 is 0 Å². The predicted molar refractivity (Wildman–Crippen MR) is 120 cm³/mol. The molecule has 0 aromatic carbocycles. The van der Waals surface area contributed by atoms with Crippen molar-refractivity contribution < 1.29 is 0 Å². The molecule has 0 bridgehead atoms. The summed E-state index contributed by atoms with van der Waals surface area (Å²) in [5.74, 6) is 0. The molecule has 0 unspecified atom stereocenters. The van der Waals surface area contributed by atoms with Crippen molar-refractivity contribution in [3.8, 4) is 0 Å². The number of rotatable bonds is 10. The lowest BCUT2D eigenvalue weighted by Crippen LogP contribution is -1.91. The molecule has 2 aromatic heterocycles. The number of hydrogen-bond donors (Lipinski definition) is 0. The van der Waals surface area contributed by atoms with Gasteiger partial charge in [0.05, 0.1) is 11.4 Å². The third kappa shape index (κ3) is 10.4. The molecule has 0 N–H and O–H groups in total. The van der Waals surface area contributed by atoms with Gasteiger partial charge in [-0.05, 0) is 81.8 Å². The zero-order valence-electron chi connectivity index (χ0n) is 16.2. The first-order valence-corrected chi connectivity index (χ1v) is 11.5. The summed E-state index contributed by atoms with van der Waals surface area (Å²) < 4.78 is 2.29. The second-order valence-electron chi connectivity index (χ2n) is 6.49. The van der Waals surface area contributed by atoms with Crippen molar-refractivity contribution in [3.05, 3.63) is 57.0 Å². The van der Waals surface area contributed by atoms with E-state index in [-0.39, 0.29) is 0 Å². The van der Waals surface area contributed by atoms with Crippen molar-refractivity contribution in [2.24, 2.45) is 0 Å². The molecular formula is C22H32Br2N2. The Labute approximate surface area is 176 Å². The summed E-state index contributed by atoms with van der Waals surface area (Å²) in [6.45, 7) is 4.47. The molecule has 0 aliphatic heterocycles. The number of hydrogen-bond acceptors (Lipinski definition) is 2. The first-order chi connectivity index (χ1) is 12.7. The van der Waals surface area contributed by atoms with Gasteiger partial charge in [-0.25, -0.2) is 0 Å². The molecule has 2 rings (SSSR count). The lowest BCUT2D eigenvalue weighted by Gasteiger charge is -2.01. The number of unbranched alkanes of at least 4 members (excludes halogenated alkanes) is 6. The predicted octanol–water partition coefficient (Wildman–Crippen LogP) is 7.93. The number of nitrogens with zero attached hydrogens (tertiary/aromatic N) is 2. The van der Waals surface area contributed by atoms with Gasteiger partial charge in [0, 0.05) is 21.3 Å². The number of aryl methyl sites for hydroxylation is 2. The molecule has 144 valence electrons. The maximum atomic E-state index is 4.33. The Bertz CT molecular complexity index is 549. The topological polar surface area (TPSA) is 25.8 Å². The third-order valence-corrected chi connectivity index (χ3v) is 5.65. The van der Waals surface area contributed by atoms with E-state index in [2.05, 4.69) is 67.8 Å². The highest BCUT2D eigenvalue weighted by atomic mass is 79.9. The largest absolute Gasteiger partial charge is 0.260 e. The van der Waals surface area contributed by atoms with Crippen LogP contribution in [0.4, 0.5) is 0 Å². The smallest absolute Gasteiger partial charge is 0.0545 e. The minimum atomic E-state index is 1.10. The van der Waals surface area contributed by atoms with Gasteiger partial charge in [-0.3, -0.25) is 9.97 Å². The average molecular weight is 484 g/mol. The molecule has 0 saturated heterocycles. The minimum absolute atomic E-state index is 1.10. The highest BCUT2D eigenvalue weighted by molar-refractivity contribution is 9.10. The van der Waals surface area contributed by atoms with Crippen LogP contribution in [0.1, 0.15) is 76.6 Å². The van der Waals surface area contributed by atoms with Gasteiger partial charge in [0.15, 0.2) is 0 Å². The molecule has 0 aliphatic rings. The Balaban J connectivity index is 0.000000260. The molecule has 0 spiro atoms. The second-order valence-corrected chi connectivity index (χ2v) is 8.19. The summed E-state index contributed by atoms with van der Waals surface area (Å²) in [7, 11) is 0. The summed E-state index contributed by atoms with van der Waals surface area (Å²) in [5.41, 5.74) is 2.39. The normalized spacial score (nSPS) is 10.3. The van der Waals surface area contributed by atoms with E-state index in [0.717, 1.165) is 21.8 Å². The van der Waals surface area contributed by atoms with Gasteiger partial charge in [0.25, 0.3) is 0 Å². The van der Waals surface area contributed by atoms with Gasteiger partial charge in [0.2, 0.25) is 0 Å². The lowest BCUT2D eigenvalue weighted by atomic mass is 10.1. The highest BCUT2D eigenvalue weighted by Crippen LogP contribution is 2.16. The molecule has 0 saturated carbocycles. The second kappa shape index (κ2) is 15.3. The van der Waals surface area contributed by atoms with Crippen LogP contribution in [0.25, 0.3) is 0 Å². The van der Waals surface area contributed by atoms with Crippen molar-refractivity contribution in [2.75, 3.05) is 0 Å². The van der Waals surface area contributed by atoms with E-state index in [1.54, 1.807) is 0 Å². The zero-order chi connectivity index (χ0) is 19.0. The molecule has 0 aliphatic carbocycles. The molecule has 0 fully saturated rings. The SMILES string of the molecule is CCCCCCc1ncccc1Br.CCCCCCc1ncccc1Br. The Hall–Kier alpha value is -0.740. The standard InChI is InChI=1S/2C11H16BrN/c2*1-2-3-4-5-8-11-10(12)7-6-9-13-11/h2*6-7,9H,2-5,8H2,1H3. The van der Waals surface area contributed by atoms with E-state index in [1.165, 1.54) is 62.8 Å². The maximum absolute atomic E-state index is 4.33. The fourth-order valence-electron chi connectivity index (χ4n) is 2.64. The number of halogens is 2. The average Bonchev–Trinajstić information content (AvgIpc) is 2.66. The van der Waals surface area contributed by atoms with Crippen molar-refractivity contribution in [2.45, 2.75) is 78.1 Å². The quantitative estimate of drug-likeness (QED) is 0.320. The monoisotopic (exact) mass is 482 g/mol. The van der Waals surface area contributed by atoms with Gasteiger partial charge >= 0.3 is 0 Å². The molecule has 0 radical (unpaired) electrons. The summed E-state index contributed by atoms with van der Waals surface area (Å²) in [5, 5.41) is 0. The van der Waals surface area contributed by atoms with Crippen molar-refractivity contribution >= 4 is 31.9 Å². The van der Waals surface area contributed by atoms with Crippen LogP contribution < -0.4 is 0 Å². The number of aromatic nitrogens is 2. The third-order valence-electron chi connectivity index (χ3n) is 4.20. The zero-order valence-corrected chi connectivity index (χ0v) is 19.4. The Kier molecular flexibility index (Phi) is 13.7. The van der Waals surface area contributed by atoms with Crippen LogP contribution in [-0.2, 0) is 12.8 Å². The van der Waals surface area contributed by atoms with Crippen LogP contribution in [0.15, 0.2) is 45.6 Å². The molecule has 4 heteroatoms. The van der Waals surface area contributed by atoms with Crippen LogP contribution in [0, 0.1) is 0 Å². The van der Waals surface area contributed by atoms with Crippen LogP contribution >= 0.6 is 31.9 Å². The molecule has 0 amide bonds. The fraction of sp³-hybridized carbons (Fsp3) is 0.545. The molecule has 26 heavy (non-hydrogen) atoms. The van der Waals surface area contributed by atoms with E-state index < -0.39 is 0 Å². The summed E-state index contributed by atoms with van der Waals surface area (Å²) in [4.78, 5) is 8.66. The van der Waals surface area contributed by atoms with Crippen LogP contribution in [0.3, 0.4) is 0 Å². The van der Waals surface area contributed by atoms with E-state index in [9.17, 15) is 0 Å². The van der Waals surface area contributed by atoms with Crippen LogP contribution in [0.5, 0.6) is 0 Å². The van der Waals surface area contributed by atoms with Gasteiger partial charge in [-0.2, -0.15) is 0 Å². The van der Waals surface area contributed by atoms with E-state index in [0.29, 0.717) is 0 Å². The first-order valence-electron chi connectivity index (χ1n) is 9.87. The summed E-state index contributed by atoms with van der Waals surface area (Å²) >= 11 is 7.01. The lowest BCUT2D eigenvalue weighted by molar-refractivity contribution is 0.659. The Morgan fingerprint density at radius 3 is 1.42 bits per heavy atom. The van der Waals surface area contributed by atoms with Crippen molar-refractivity contribution in [1.29, 1.82) is 0 Å². The molecular weight excluding hydrogens is 452 g/mol. The summed E-state index contributed by atoms with van der Waals surface area (Å²) in [6.07, 6.45) is 16.3. The first kappa shape index (κ1) is 23.3. The van der Waals surface area contributed by atoms with Gasteiger partial charge in [-0.15, -0.1) is 0 Å². The van der Waals surface area contributed by atoms with Gasteiger partial charge in [-0.1, -0.05) is 52.4 Å². The molecule has 2 nitrogen and oxygen atoms in total. The Morgan fingerprint density at radius 1 is 0.654 bits per heavy atom.